The van der Waals surface area contributed by atoms with Crippen LogP contribution in [0.2, 0.25) is 0 Å². The maximum atomic E-state index is 13.6. The van der Waals surface area contributed by atoms with Gasteiger partial charge in [-0.15, -0.1) is 0 Å². The molecule has 0 unspecified atom stereocenters. The number of carboxylic acid groups (broad SMARTS) is 1. The Kier molecular flexibility index (Phi) is 6.05. The maximum absolute atomic E-state index is 13.6. The molecule has 2 N–H and O–H groups in total. The first-order valence-electron chi connectivity index (χ1n) is 14.9. The number of rotatable bonds is 9. The summed E-state index contributed by atoms with van der Waals surface area (Å²) in [5.74, 6) is -4.17. The molecule has 2 atom stereocenters. The molecule has 0 spiro atoms. The topological polar surface area (TPSA) is 82.0 Å². The lowest BCUT2D eigenvalue weighted by atomic mass is 9.98. The number of likely N-dealkylation sites (tertiary alicyclic amines) is 1. The zero-order valence-electron chi connectivity index (χ0n) is 25.8. The summed E-state index contributed by atoms with van der Waals surface area (Å²) in [5.41, 5.74) is 2.27. The fourth-order valence-electron chi connectivity index (χ4n) is 4.45. The highest BCUT2D eigenvalue weighted by molar-refractivity contribution is 6.17. The zero-order chi connectivity index (χ0) is 30.5. The molecule has 0 radical (unpaired) electrons. The van der Waals surface area contributed by atoms with Crippen molar-refractivity contribution in [1.82, 2.24) is 4.90 Å². The molecule has 3 aromatic carbocycles. The highest BCUT2D eigenvalue weighted by Crippen LogP contribution is 2.25. The largest absolute Gasteiger partial charge is 0.480 e. The molecule has 1 aliphatic heterocycles. The molecule has 0 saturated carbocycles. The first-order valence-corrected chi connectivity index (χ1v) is 11.9. The number of anilines is 1. The average molecular weight is 490 g/mol. The number of nitrogens with one attached hydrogen (secondary N) is 1. The van der Waals surface area contributed by atoms with Gasteiger partial charge in [-0.1, -0.05) is 92.6 Å². The number of carboxylic acids is 1. The Balaban J connectivity index is 1.74. The predicted molar refractivity (Wildman–Crippen MR) is 143 cm³/mol. The van der Waals surface area contributed by atoms with E-state index in [1.54, 1.807) is 54.6 Å². The second-order valence-corrected chi connectivity index (χ2v) is 8.75. The summed E-state index contributed by atoms with van der Waals surface area (Å²) >= 11 is 0. The van der Waals surface area contributed by atoms with Crippen molar-refractivity contribution in [1.29, 1.82) is 0 Å². The van der Waals surface area contributed by atoms with Crippen molar-refractivity contribution >= 4 is 23.3 Å². The Morgan fingerprint density at radius 1 is 1.03 bits per heavy atom. The molecule has 1 saturated heterocycles. The third kappa shape index (κ3) is 6.07. The predicted octanol–water partition coefficient (Wildman–Crippen LogP) is 5.24. The molecule has 6 heteroatoms. The molecule has 0 aliphatic carbocycles. The Hall–Kier alpha value is -3.77. The summed E-state index contributed by atoms with van der Waals surface area (Å²) < 4.78 is 47.0. The van der Waals surface area contributed by atoms with Crippen molar-refractivity contribution in [3.63, 3.8) is 0 Å². The van der Waals surface area contributed by atoms with Crippen LogP contribution in [0.25, 0.3) is 0 Å². The van der Waals surface area contributed by atoms with E-state index in [0.29, 0.717) is 29.8 Å². The van der Waals surface area contributed by atoms with E-state index in [0.717, 1.165) is 18.5 Å². The molecular weight excluding hydrogens is 450 g/mol. The second kappa shape index (κ2) is 11.8. The summed E-state index contributed by atoms with van der Waals surface area (Å²) in [7, 11) is 0. The molecule has 0 aromatic heterocycles. The standard InChI is InChI=1S/C30H33N3O3/c1-21(2)27(30(35)36)32-28(23-14-7-4-8-15-23)24-16-9-10-17-25(24)31-29(34)26-18-11-19-33(26)20-22-12-5-3-6-13-22/h3-10,12-17,21,26-27H,11,18-20H2,1-2H3,(H,31,34)(H,35,36)/t26-,27-/m0/s1/i1D3,2D3. The molecule has 4 rings (SSSR count). The normalized spacial score (nSPS) is 20.4. The average Bonchev–Trinajstić information content (AvgIpc) is 3.39. The lowest BCUT2D eigenvalue weighted by Crippen LogP contribution is -2.39. The minimum Gasteiger partial charge on any atom is -0.480 e. The highest BCUT2D eigenvalue weighted by atomic mass is 16.4. The SMILES string of the molecule is [2H]C([2H])([2H])C([C@H](N=C(c1ccccc1)c1ccccc1NC(=O)[C@@H]1CCCN1Cc1ccccc1)C(=O)O)C([2H])([2H])[2H]. The fraction of sp³-hybridized carbons (Fsp3) is 0.300. The Bertz CT molecular complexity index is 1400. The molecule has 186 valence electrons. The Labute approximate surface area is 221 Å². The Morgan fingerprint density at radius 2 is 1.69 bits per heavy atom. The van der Waals surface area contributed by atoms with Crippen molar-refractivity contribution in [2.24, 2.45) is 10.9 Å². The van der Waals surface area contributed by atoms with Crippen LogP contribution in [0.3, 0.4) is 0 Å². The van der Waals surface area contributed by atoms with Crippen LogP contribution in [0.15, 0.2) is 89.9 Å². The summed E-state index contributed by atoms with van der Waals surface area (Å²) in [6, 6.07) is 22.5. The van der Waals surface area contributed by atoms with Crippen molar-refractivity contribution in [2.45, 2.75) is 45.2 Å². The van der Waals surface area contributed by atoms with Crippen molar-refractivity contribution in [3.05, 3.63) is 102 Å². The monoisotopic (exact) mass is 489 g/mol. The van der Waals surface area contributed by atoms with E-state index in [1.807, 2.05) is 30.3 Å². The molecule has 1 heterocycles. The lowest BCUT2D eigenvalue weighted by Gasteiger charge is -2.24. The minimum atomic E-state index is -3.13. The van der Waals surface area contributed by atoms with Gasteiger partial charge in [0.15, 0.2) is 0 Å². The van der Waals surface area contributed by atoms with Gasteiger partial charge in [0.1, 0.15) is 6.04 Å². The van der Waals surface area contributed by atoms with Gasteiger partial charge in [-0.05, 0) is 36.9 Å². The van der Waals surface area contributed by atoms with Crippen molar-refractivity contribution in [2.75, 3.05) is 11.9 Å². The second-order valence-electron chi connectivity index (χ2n) is 8.75. The van der Waals surface area contributed by atoms with Crippen molar-refractivity contribution in [3.8, 4) is 0 Å². The maximum Gasteiger partial charge on any atom is 0.328 e. The first kappa shape index (κ1) is 18.5. The number of hydrogen-bond acceptors (Lipinski definition) is 4. The van der Waals surface area contributed by atoms with Gasteiger partial charge in [0.2, 0.25) is 5.91 Å². The lowest BCUT2D eigenvalue weighted by molar-refractivity contribution is -0.139. The number of aliphatic carboxylic acids is 1. The van der Waals surface area contributed by atoms with E-state index >= 15 is 0 Å². The van der Waals surface area contributed by atoms with E-state index in [9.17, 15) is 14.7 Å². The van der Waals surface area contributed by atoms with Crippen LogP contribution in [-0.2, 0) is 16.1 Å². The first-order chi connectivity index (χ1) is 19.9. The molecule has 1 aliphatic rings. The van der Waals surface area contributed by atoms with Crippen LogP contribution in [0.4, 0.5) is 5.69 Å². The van der Waals surface area contributed by atoms with Gasteiger partial charge in [-0.25, -0.2) is 4.79 Å². The van der Waals surface area contributed by atoms with Gasteiger partial charge in [-0.2, -0.15) is 0 Å². The number of amides is 1. The Morgan fingerprint density at radius 3 is 2.39 bits per heavy atom. The van der Waals surface area contributed by atoms with E-state index in [1.165, 1.54) is 0 Å². The van der Waals surface area contributed by atoms with Gasteiger partial charge in [0.25, 0.3) is 0 Å². The molecule has 0 bridgehead atoms. The van der Waals surface area contributed by atoms with Crippen LogP contribution in [-0.4, -0.2) is 46.2 Å². The minimum absolute atomic E-state index is 0.0602. The molecule has 3 aromatic rings. The van der Waals surface area contributed by atoms with Crippen molar-refractivity contribution < 1.29 is 22.9 Å². The van der Waals surface area contributed by atoms with E-state index in [4.69, 9.17) is 8.22 Å². The third-order valence-corrected chi connectivity index (χ3v) is 6.22. The summed E-state index contributed by atoms with van der Waals surface area (Å²) in [6.45, 7) is -4.88. The molecule has 1 amide bonds. The molecule has 36 heavy (non-hydrogen) atoms. The van der Waals surface area contributed by atoms with Gasteiger partial charge < -0.3 is 10.4 Å². The molecular formula is C30H33N3O3. The van der Waals surface area contributed by atoms with Crippen LogP contribution in [0, 0.1) is 5.92 Å². The quantitative estimate of drug-likeness (QED) is 0.403. The van der Waals surface area contributed by atoms with E-state index < -0.39 is 37.7 Å². The number of benzene rings is 3. The van der Waals surface area contributed by atoms with Gasteiger partial charge >= 0.3 is 5.97 Å². The number of carbonyl (C=O) groups excluding carboxylic acids is 1. The fourth-order valence-corrected chi connectivity index (χ4v) is 4.45. The number of hydrogen-bond donors (Lipinski definition) is 2. The van der Waals surface area contributed by atoms with E-state index in [-0.39, 0.29) is 11.6 Å². The van der Waals surface area contributed by atoms with Crippen LogP contribution in [0.1, 0.15) is 51.5 Å². The molecule has 1 fully saturated rings. The number of nitrogens with zero attached hydrogens (tertiary/aromatic N) is 2. The molecule has 6 nitrogen and oxygen atoms in total. The summed E-state index contributed by atoms with van der Waals surface area (Å²) in [6.07, 6.45) is 1.52. The van der Waals surface area contributed by atoms with Crippen LogP contribution >= 0.6 is 0 Å². The van der Waals surface area contributed by atoms with Gasteiger partial charge in [0, 0.05) is 25.9 Å². The number of carbonyl (C=O) groups is 2. The van der Waals surface area contributed by atoms with Gasteiger partial charge in [-0.3, -0.25) is 14.7 Å². The summed E-state index contributed by atoms with van der Waals surface area (Å²) in [5, 5.41) is 13.0. The summed E-state index contributed by atoms with van der Waals surface area (Å²) in [4.78, 5) is 32.4. The number of para-hydroxylation sites is 1. The smallest absolute Gasteiger partial charge is 0.328 e. The van der Waals surface area contributed by atoms with Crippen LogP contribution in [0.5, 0.6) is 0 Å². The third-order valence-electron chi connectivity index (χ3n) is 6.22. The highest BCUT2D eigenvalue weighted by Gasteiger charge is 2.31. The zero-order valence-corrected chi connectivity index (χ0v) is 19.8. The van der Waals surface area contributed by atoms with Gasteiger partial charge in [0.05, 0.1) is 17.4 Å². The van der Waals surface area contributed by atoms with Crippen LogP contribution < -0.4 is 5.32 Å². The van der Waals surface area contributed by atoms with E-state index in [2.05, 4.69) is 15.2 Å². The number of aliphatic imine (C=N–C) groups is 1.